The maximum atomic E-state index is 12.9. The lowest BCUT2D eigenvalue weighted by molar-refractivity contribution is -0.134. The Kier molecular flexibility index (Phi) is 5.79. The van der Waals surface area contributed by atoms with Crippen LogP contribution in [0.15, 0.2) is 36.4 Å². The predicted molar refractivity (Wildman–Crippen MR) is 109 cm³/mol. The molecule has 1 fully saturated rings. The Bertz CT molecular complexity index is 957. The van der Waals surface area contributed by atoms with Gasteiger partial charge in [0.2, 0.25) is 0 Å². The first kappa shape index (κ1) is 20.1. The van der Waals surface area contributed by atoms with Crippen molar-refractivity contribution in [1.29, 1.82) is 0 Å². The van der Waals surface area contributed by atoms with Gasteiger partial charge in [-0.15, -0.1) is 0 Å². The predicted octanol–water partition coefficient (Wildman–Crippen LogP) is 3.30. The maximum absolute atomic E-state index is 12.9. The Morgan fingerprint density at radius 3 is 2.70 bits per heavy atom. The molecule has 1 atom stereocenters. The van der Waals surface area contributed by atoms with Crippen molar-refractivity contribution in [2.75, 3.05) is 33.5 Å². The third-order valence-electron chi connectivity index (χ3n) is 5.48. The number of amides is 1. The molecule has 2 aromatic carbocycles. The van der Waals surface area contributed by atoms with Gasteiger partial charge < -0.3 is 23.8 Å². The number of esters is 1. The topological polar surface area (TPSA) is 74.3 Å². The molecule has 0 saturated carbocycles. The molecule has 7 nitrogen and oxygen atoms in total. The Balaban J connectivity index is 1.45. The van der Waals surface area contributed by atoms with Gasteiger partial charge in [0, 0.05) is 6.54 Å². The zero-order valence-corrected chi connectivity index (χ0v) is 17.2. The summed E-state index contributed by atoms with van der Waals surface area (Å²) in [6.45, 7) is 3.54. The standard InChI is InChI=1S/C23H25NO6/c1-15-5-6-17(23(26)27-2)13-20(15)30-14-22(25)24-9-3-4-18(24)16-7-8-19-21(12-16)29-11-10-28-19/h5-8,12-13,18H,3-4,9-11,14H2,1-2H3. The fourth-order valence-electron chi connectivity index (χ4n) is 3.90. The van der Waals surface area contributed by atoms with Crippen molar-refractivity contribution in [2.45, 2.75) is 25.8 Å². The van der Waals surface area contributed by atoms with Gasteiger partial charge in [-0.2, -0.15) is 0 Å². The van der Waals surface area contributed by atoms with Crippen molar-refractivity contribution < 1.29 is 28.5 Å². The van der Waals surface area contributed by atoms with E-state index in [0.717, 1.165) is 35.5 Å². The summed E-state index contributed by atoms with van der Waals surface area (Å²) in [4.78, 5) is 26.5. The molecule has 0 spiro atoms. The molecule has 0 aliphatic carbocycles. The second kappa shape index (κ2) is 8.65. The van der Waals surface area contributed by atoms with E-state index in [1.165, 1.54) is 7.11 Å². The summed E-state index contributed by atoms with van der Waals surface area (Å²) in [6, 6.07) is 10.9. The van der Waals surface area contributed by atoms with Crippen LogP contribution in [0, 0.1) is 6.92 Å². The van der Waals surface area contributed by atoms with Crippen LogP contribution in [0.4, 0.5) is 0 Å². The molecule has 2 aromatic rings. The average molecular weight is 411 g/mol. The van der Waals surface area contributed by atoms with E-state index in [1.54, 1.807) is 18.2 Å². The minimum atomic E-state index is -0.440. The molecule has 1 unspecified atom stereocenters. The van der Waals surface area contributed by atoms with E-state index in [-0.39, 0.29) is 18.6 Å². The number of likely N-dealkylation sites (tertiary alicyclic amines) is 1. The van der Waals surface area contributed by atoms with Crippen molar-refractivity contribution in [2.24, 2.45) is 0 Å². The molecule has 1 amide bonds. The minimum absolute atomic E-state index is 0.0144. The fourth-order valence-corrected chi connectivity index (χ4v) is 3.90. The van der Waals surface area contributed by atoms with E-state index in [4.69, 9.17) is 18.9 Å². The third-order valence-corrected chi connectivity index (χ3v) is 5.48. The van der Waals surface area contributed by atoms with Gasteiger partial charge in [-0.3, -0.25) is 4.79 Å². The van der Waals surface area contributed by atoms with E-state index < -0.39 is 5.97 Å². The van der Waals surface area contributed by atoms with Gasteiger partial charge in [-0.05, 0) is 55.2 Å². The number of ether oxygens (including phenoxy) is 4. The molecule has 0 bridgehead atoms. The van der Waals surface area contributed by atoms with Gasteiger partial charge in [-0.1, -0.05) is 12.1 Å². The number of hydrogen-bond donors (Lipinski definition) is 0. The lowest BCUT2D eigenvalue weighted by atomic mass is 10.0. The van der Waals surface area contributed by atoms with Crippen LogP contribution in [-0.4, -0.2) is 50.3 Å². The van der Waals surface area contributed by atoms with Crippen molar-refractivity contribution in [3.8, 4) is 17.2 Å². The quantitative estimate of drug-likeness (QED) is 0.703. The van der Waals surface area contributed by atoms with Gasteiger partial charge in [0.25, 0.3) is 5.91 Å². The number of aryl methyl sites for hydroxylation is 1. The largest absolute Gasteiger partial charge is 0.486 e. The lowest BCUT2D eigenvalue weighted by Crippen LogP contribution is -2.34. The van der Waals surface area contributed by atoms with Gasteiger partial charge in [0.15, 0.2) is 18.1 Å². The normalized spacial score (nSPS) is 17.5. The van der Waals surface area contributed by atoms with E-state index in [9.17, 15) is 9.59 Å². The highest BCUT2D eigenvalue weighted by atomic mass is 16.6. The summed E-state index contributed by atoms with van der Waals surface area (Å²) in [7, 11) is 1.33. The Morgan fingerprint density at radius 1 is 1.10 bits per heavy atom. The van der Waals surface area contributed by atoms with Gasteiger partial charge in [-0.25, -0.2) is 4.79 Å². The first-order valence-corrected chi connectivity index (χ1v) is 10.1. The first-order valence-electron chi connectivity index (χ1n) is 10.1. The number of carbonyl (C=O) groups is 2. The van der Waals surface area contributed by atoms with Crippen LogP contribution in [-0.2, 0) is 9.53 Å². The van der Waals surface area contributed by atoms with Gasteiger partial charge >= 0.3 is 5.97 Å². The Morgan fingerprint density at radius 2 is 1.90 bits per heavy atom. The number of methoxy groups -OCH3 is 1. The number of benzene rings is 2. The molecule has 0 aromatic heterocycles. The van der Waals surface area contributed by atoms with Gasteiger partial charge in [0.05, 0.1) is 18.7 Å². The first-order chi connectivity index (χ1) is 14.6. The molecule has 2 aliphatic heterocycles. The molecule has 7 heteroatoms. The summed E-state index contributed by atoms with van der Waals surface area (Å²) < 4.78 is 21.8. The highest BCUT2D eigenvalue weighted by molar-refractivity contribution is 5.90. The summed E-state index contributed by atoms with van der Waals surface area (Å²) in [5, 5.41) is 0. The second-order valence-corrected chi connectivity index (χ2v) is 7.41. The monoisotopic (exact) mass is 411 g/mol. The average Bonchev–Trinajstić information content (AvgIpc) is 3.27. The molecule has 158 valence electrons. The zero-order valence-electron chi connectivity index (χ0n) is 17.2. The Hall–Kier alpha value is -3.22. The van der Waals surface area contributed by atoms with Crippen molar-refractivity contribution in [1.82, 2.24) is 4.90 Å². The van der Waals surface area contributed by atoms with Crippen molar-refractivity contribution in [3.63, 3.8) is 0 Å². The number of fused-ring (bicyclic) bond motifs is 1. The molecule has 1 saturated heterocycles. The van der Waals surface area contributed by atoms with Crippen LogP contribution in [0.5, 0.6) is 17.2 Å². The Labute approximate surface area is 175 Å². The van der Waals surface area contributed by atoms with E-state index in [1.807, 2.05) is 30.0 Å². The third kappa shape index (κ3) is 4.06. The van der Waals surface area contributed by atoms with E-state index in [0.29, 0.717) is 31.1 Å². The van der Waals surface area contributed by atoms with Crippen LogP contribution < -0.4 is 14.2 Å². The van der Waals surface area contributed by atoms with Crippen LogP contribution in [0.2, 0.25) is 0 Å². The number of nitrogens with zero attached hydrogens (tertiary/aromatic N) is 1. The summed E-state index contributed by atoms with van der Waals surface area (Å²) in [5.74, 6) is 1.44. The smallest absolute Gasteiger partial charge is 0.337 e. The van der Waals surface area contributed by atoms with Crippen molar-refractivity contribution >= 4 is 11.9 Å². The molecule has 0 radical (unpaired) electrons. The highest BCUT2D eigenvalue weighted by Gasteiger charge is 2.31. The summed E-state index contributed by atoms with van der Waals surface area (Å²) in [5.41, 5.74) is 2.27. The van der Waals surface area contributed by atoms with Gasteiger partial charge in [0.1, 0.15) is 19.0 Å². The highest BCUT2D eigenvalue weighted by Crippen LogP contribution is 2.38. The summed E-state index contributed by atoms with van der Waals surface area (Å²) >= 11 is 0. The molecule has 30 heavy (non-hydrogen) atoms. The molecular weight excluding hydrogens is 386 g/mol. The van der Waals surface area contributed by atoms with E-state index in [2.05, 4.69) is 0 Å². The summed E-state index contributed by atoms with van der Waals surface area (Å²) in [6.07, 6.45) is 1.82. The fraction of sp³-hybridized carbons (Fsp3) is 0.391. The van der Waals surface area contributed by atoms with Crippen LogP contribution in [0.3, 0.4) is 0 Å². The lowest BCUT2D eigenvalue weighted by Gasteiger charge is -2.27. The number of hydrogen-bond acceptors (Lipinski definition) is 6. The molecule has 2 heterocycles. The number of carbonyl (C=O) groups excluding carboxylic acids is 2. The molecule has 0 N–H and O–H groups in total. The maximum Gasteiger partial charge on any atom is 0.337 e. The second-order valence-electron chi connectivity index (χ2n) is 7.41. The minimum Gasteiger partial charge on any atom is -0.486 e. The molecular formula is C23H25NO6. The van der Waals surface area contributed by atoms with Crippen molar-refractivity contribution in [3.05, 3.63) is 53.1 Å². The molecule has 4 rings (SSSR count). The molecule has 2 aliphatic rings. The SMILES string of the molecule is COC(=O)c1ccc(C)c(OCC(=O)N2CCCC2c2ccc3c(c2)OCCO3)c1. The van der Waals surface area contributed by atoms with Crippen LogP contribution in [0.25, 0.3) is 0 Å². The van der Waals surface area contributed by atoms with Crippen LogP contribution in [0.1, 0.15) is 40.4 Å². The zero-order chi connectivity index (χ0) is 21.1. The number of rotatable bonds is 5. The van der Waals surface area contributed by atoms with E-state index >= 15 is 0 Å². The van der Waals surface area contributed by atoms with Crippen LogP contribution >= 0.6 is 0 Å².